The molecule has 1 heterocycles. The summed E-state index contributed by atoms with van der Waals surface area (Å²) in [5.41, 5.74) is 2.63. The second-order valence-corrected chi connectivity index (χ2v) is 10.1. The van der Waals surface area contributed by atoms with Crippen LogP contribution >= 0.6 is 34.2 Å². The second kappa shape index (κ2) is 10.4. The van der Waals surface area contributed by atoms with Crippen LogP contribution in [-0.4, -0.2) is 17.8 Å². The number of halogens is 2. The topological polar surface area (TPSA) is 75.7 Å². The Morgan fingerprint density at radius 1 is 0.973 bits per heavy atom. The number of nitrogens with one attached hydrogen (secondary N) is 1. The van der Waals surface area contributed by atoms with Gasteiger partial charge in [0.25, 0.3) is 11.8 Å². The van der Waals surface area contributed by atoms with Crippen molar-refractivity contribution in [2.45, 2.75) is 13.5 Å². The molecule has 0 radical (unpaired) electrons. The molecule has 8 heteroatoms. The number of anilines is 1. The van der Waals surface area contributed by atoms with E-state index in [0.717, 1.165) is 30.4 Å². The lowest BCUT2D eigenvalue weighted by Gasteiger charge is -2.26. The van der Waals surface area contributed by atoms with Crippen molar-refractivity contribution in [3.8, 4) is 5.75 Å². The molecular formula is C29H20ClIN2O4. The Hall–Kier alpha value is -3.69. The van der Waals surface area contributed by atoms with Crippen LogP contribution in [0.1, 0.15) is 16.7 Å². The van der Waals surface area contributed by atoms with Crippen molar-refractivity contribution in [2.24, 2.45) is 0 Å². The molecule has 0 atom stereocenters. The first-order chi connectivity index (χ1) is 17.8. The fraction of sp³-hybridized carbons (Fsp3) is 0.0690. The number of aryl methyl sites for hydroxylation is 1. The molecule has 4 amide bonds. The first kappa shape index (κ1) is 25.0. The smallest absolute Gasteiger partial charge is 0.335 e. The number of rotatable bonds is 5. The maximum absolute atomic E-state index is 13.2. The van der Waals surface area contributed by atoms with Crippen LogP contribution in [0, 0.1) is 10.5 Å². The van der Waals surface area contributed by atoms with E-state index in [1.54, 1.807) is 24.3 Å². The minimum absolute atomic E-state index is 0.156. The van der Waals surface area contributed by atoms with Crippen molar-refractivity contribution in [2.75, 3.05) is 4.90 Å². The molecule has 1 N–H and O–H groups in total. The van der Waals surface area contributed by atoms with Crippen molar-refractivity contribution in [3.63, 3.8) is 0 Å². The van der Waals surface area contributed by atoms with Crippen LogP contribution in [0.25, 0.3) is 16.8 Å². The van der Waals surface area contributed by atoms with Crippen LogP contribution < -0.4 is 15.0 Å². The Kier molecular flexibility index (Phi) is 6.99. The van der Waals surface area contributed by atoms with Gasteiger partial charge < -0.3 is 4.74 Å². The third-order valence-electron chi connectivity index (χ3n) is 6.05. The van der Waals surface area contributed by atoms with Crippen LogP contribution in [0.2, 0.25) is 5.02 Å². The van der Waals surface area contributed by atoms with E-state index in [1.165, 1.54) is 12.1 Å². The summed E-state index contributed by atoms with van der Waals surface area (Å²) in [5.74, 6) is -0.795. The molecule has 0 unspecified atom stereocenters. The highest BCUT2D eigenvalue weighted by atomic mass is 127. The van der Waals surface area contributed by atoms with E-state index in [1.807, 2.05) is 37.3 Å². The summed E-state index contributed by atoms with van der Waals surface area (Å²) in [6, 6.07) is 23.6. The number of carbonyl (C=O) groups is 3. The molecule has 4 aromatic rings. The van der Waals surface area contributed by atoms with E-state index in [0.29, 0.717) is 22.9 Å². The van der Waals surface area contributed by atoms with E-state index >= 15 is 0 Å². The molecule has 6 nitrogen and oxygen atoms in total. The summed E-state index contributed by atoms with van der Waals surface area (Å²) in [6.07, 6.45) is 1.46. The van der Waals surface area contributed by atoms with Gasteiger partial charge in [-0.25, -0.2) is 9.69 Å². The minimum Gasteiger partial charge on any atom is -0.488 e. The molecular weight excluding hydrogens is 603 g/mol. The van der Waals surface area contributed by atoms with Gasteiger partial charge >= 0.3 is 6.03 Å². The highest BCUT2D eigenvalue weighted by Crippen LogP contribution is 2.29. The van der Waals surface area contributed by atoms with Crippen molar-refractivity contribution in [1.82, 2.24) is 5.32 Å². The number of ether oxygens (including phenoxy) is 1. The predicted octanol–water partition coefficient (Wildman–Crippen LogP) is 6.65. The van der Waals surface area contributed by atoms with Crippen LogP contribution in [-0.2, 0) is 16.2 Å². The van der Waals surface area contributed by atoms with Crippen LogP contribution in [0.3, 0.4) is 0 Å². The molecule has 0 aromatic heterocycles. The van der Waals surface area contributed by atoms with Gasteiger partial charge in [-0.2, -0.15) is 0 Å². The molecule has 0 spiro atoms. The van der Waals surface area contributed by atoms with Gasteiger partial charge in [-0.15, -0.1) is 0 Å². The fourth-order valence-electron chi connectivity index (χ4n) is 4.08. The van der Waals surface area contributed by atoms with Gasteiger partial charge in [0.15, 0.2) is 0 Å². The Morgan fingerprint density at radius 2 is 1.76 bits per heavy atom. The fourth-order valence-corrected chi connectivity index (χ4v) is 4.95. The van der Waals surface area contributed by atoms with Crippen molar-refractivity contribution in [3.05, 3.63) is 110 Å². The molecule has 37 heavy (non-hydrogen) atoms. The highest BCUT2D eigenvalue weighted by Gasteiger charge is 2.37. The lowest BCUT2D eigenvalue weighted by molar-refractivity contribution is -0.122. The largest absolute Gasteiger partial charge is 0.488 e. The third kappa shape index (κ3) is 5.10. The van der Waals surface area contributed by atoms with Crippen molar-refractivity contribution < 1.29 is 19.1 Å². The summed E-state index contributed by atoms with van der Waals surface area (Å²) < 4.78 is 6.90. The van der Waals surface area contributed by atoms with Gasteiger partial charge in [-0.3, -0.25) is 14.9 Å². The van der Waals surface area contributed by atoms with E-state index in [-0.39, 0.29) is 11.3 Å². The lowest BCUT2D eigenvalue weighted by Crippen LogP contribution is -2.54. The first-order valence-electron chi connectivity index (χ1n) is 11.4. The Balaban J connectivity index is 1.38. The van der Waals surface area contributed by atoms with E-state index < -0.39 is 17.8 Å². The summed E-state index contributed by atoms with van der Waals surface area (Å²) >= 11 is 8.34. The average molecular weight is 623 g/mol. The van der Waals surface area contributed by atoms with E-state index in [4.69, 9.17) is 16.3 Å². The van der Waals surface area contributed by atoms with Crippen molar-refractivity contribution in [1.29, 1.82) is 0 Å². The monoisotopic (exact) mass is 622 g/mol. The number of nitrogens with zero attached hydrogens (tertiary/aromatic N) is 1. The molecule has 4 aromatic carbocycles. The van der Waals surface area contributed by atoms with E-state index in [2.05, 4.69) is 46.1 Å². The number of carbonyl (C=O) groups excluding carboxylic acids is 3. The number of benzene rings is 4. The molecule has 0 saturated carbocycles. The molecule has 1 aliphatic heterocycles. The number of imide groups is 2. The molecule has 1 fully saturated rings. The second-order valence-electron chi connectivity index (χ2n) is 8.51. The van der Waals surface area contributed by atoms with Gasteiger partial charge in [-0.05, 0) is 87.3 Å². The predicted molar refractivity (Wildman–Crippen MR) is 153 cm³/mol. The Bertz CT molecular complexity index is 1610. The summed E-state index contributed by atoms with van der Waals surface area (Å²) in [5, 5.41) is 4.93. The number of barbiturate groups is 1. The highest BCUT2D eigenvalue weighted by molar-refractivity contribution is 14.1. The quantitative estimate of drug-likeness (QED) is 0.154. The van der Waals surface area contributed by atoms with Gasteiger partial charge in [0.1, 0.15) is 17.9 Å². The minimum atomic E-state index is -0.821. The summed E-state index contributed by atoms with van der Waals surface area (Å²) in [7, 11) is 0. The Labute approximate surface area is 232 Å². The standard InChI is InChI=1S/C29H20ClIN2O4/c1-17-9-11-21(15-24(17)30)33-28(35)23(27(34)32-29(33)36)13-18-10-12-26(25(31)14-18)37-16-20-7-4-6-19-5-2-3-8-22(19)20/h2-15H,16H2,1H3,(H,32,34,36)/b23-13-. The van der Waals surface area contributed by atoms with Gasteiger partial charge in [0, 0.05) is 5.02 Å². The van der Waals surface area contributed by atoms with Crippen LogP contribution in [0.5, 0.6) is 5.75 Å². The molecule has 0 aliphatic carbocycles. The average Bonchev–Trinajstić information content (AvgIpc) is 2.88. The van der Waals surface area contributed by atoms with Gasteiger partial charge in [-0.1, -0.05) is 66.2 Å². The van der Waals surface area contributed by atoms with Gasteiger partial charge in [0.2, 0.25) is 0 Å². The SMILES string of the molecule is Cc1ccc(N2C(=O)NC(=O)/C(=C/c3ccc(OCc4cccc5ccccc45)c(I)c3)C2=O)cc1Cl. The van der Waals surface area contributed by atoms with Crippen molar-refractivity contribution >= 4 is 74.6 Å². The number of amides is 4. The number of fused-ring (bicyclic) bond motifs is 1. The zero-order valence-corrected chi connectivity index (χ0v) is 22.5. The maximum Gasteiger partial charge on any atom is 0.335 e. The molecule has 0 bridgehead atoms. The molecule has 1 saturated heterocycles. The lowest BCUT2D eigenvalue weighted by atomic mass is 10.1. The molecule has 184 valence electrons. The normalized spacial score (nSPS) is 14.8. The Morgan fingerprint density at radius 3 is 2.54 bits per heavy atom. The third-order valence-corrected chi connectivity index (χ3v) is 7.30. The number of hydrogen-bond donors (Lipinski definition) is 1. The van der Waals surface area contributed by atoms with Crippen LogP contribution in [0.15, 0.2) is 84.4 Å². The molecule has 1 aliphatic rings. The van der Waals surface area contributed by atoms with Crippen LogP contribution in [0.4, 0.5) is 10.5 Å². The zero-order valence-electron chi connectivity index (χ0n) is 19.6. The van der Waals surface area contributed by atoms with E-state index in [9.17, 15) is 14.4 Å². The number of urea groups is 1. The zero-order chi connectivity index (χ0) is 26.1. The summed E-state index contributed by atoms with van der Waals surface area (Å²) in [4.78, 5) is 39.1. The van der Waals surface area contributed by atoms with Gasteiger partial charge in [0.05, 0.1) is 9.26 Å². The number of hydrogen-bond acceptors (Lipinski definition) is 4. The maximum atomic E-state index is 13.2. The molecule has 5 rings (SSSR count). The summed E-state index contributed by atoms with van der Waals surface area (Å²) in [6.45, 7) is 2.21. The first-order valence-corrected chi connectivity index (χ1v) is 12.8.